The van der Waals surface area contributed by atoms with Gasteiger partial charge in [0.25, 0.3) is 0 Å². The summed E-state index contributed by atoms with van der Waals surface area (Å²) in [5.74, 6) is 3.36. The van der Waals surface area contributed by atoms with Crippen LogP contribution in [0.4, 0.5) is 5.82 Å². The van der Waals surface area contributed by atoms with Crippen LogP contribution in [0.5, 0.6) is 17.2 Å². The SMILES string of the molecule is C=C1CCCC2=C1C=C(C(=C)Nc1ccc(Oc3ccnc4cc(OC)c(CC)cc34)cn1)C(=C)N2C(CC)C(C)C. The van der Waals surface area contributed by atoms with Crippen LogP contribution in [-0.2, 0) is 6.42 Å². The van der Waals surface area contributed by atoms with Gasteiger partial charge in [0.2, 0.25) is 0 Å². The summed E-state index contributed by atoms with van der Waals surface area (Å²) in [5, 5.41) is 4.35. The molecule has 1 atom stereocenters. The van der Waals surface area contributed by atoms with E-state index in [4.69, 9.17) is 9.47 Å². The molecular weight excluding hydrogens is 520 g/mol. The molecule has 5 rings (SSSR count). The molecule has 218 valence electrons. The number of aromatic nitrogens is 2. The van der Waals surface area contributed by atoms with Crippen LogP contribution in [0.2, 0.25) is 0 Å². The summed E-state index contributed by atoms with van der Waals surface area (Å²) in [6.07, 6.45) is 10.8. The molecular formula is C36H42N4O2. The summed E-state index contributed by atoms with van der Waals surface area (Å²) in [4.78, 5) is 11.6. The van der Waals surface area contributed by atoms with Crippen LogP contribution in [0.1, 0.15) is 58.9 Å². The summed E-state index contributed by atoms with van der Waals surface area (Å²) in [5.41, 5.74) is 8.42. The molecule has 0 saturated carbocycles. The van der Waals surface area contributed by atoms with E-state index in [0.29, 0.717) is 23.5 Å². The molecule has 2 aliphatic rings. The van der Waals surface area contributed by atoms with E-state index in [9.17, 15) is 0 Å². The van der Waals surface area contributed by atoms with Gasteiger partial charge in [-0.15, -0.1) is 0 Å². The van der Waals surface area contributed by atoms with Crippen LogP contribution in [0.3, 0.4) is 0 Å². The Hall–Kier alpha value is -4.32. The monoisotopic (exact) mass is 562 g/mol. The summed E-state index contributed by atoms with van der Waals surface area (Å²) < 4.78 is 11.8. The van der Waals surface area contributed by atoms with Gasteiger partial charge in [0, 0.05) is 46.4 Å². The van der Waals surface area contributed by atoms with Crippen LogP contribution in [-0.4, -0.2) is 28.0 Å². The highest BCUT2D eigenvalue weighted by Crippen LogP contribution is 2.43. The average Bonchev–Trinajstić information content (AvgIpc) is 2.98. The normalized spacial score (nSPS) is 16.0. The Morgan fingerprint density at radius 2 is 1.88 bits per heavy atom. The number of benzene rings is 1. The van der Waals surface area contributed by atoms with Crippen molar-refractivity contribution in [1.29, 1.82) is 0 Å². The van der Waals surface area contributed by atoms with E-state index in [0.717, 1.165) is 77.0 Å². The van der Waals surface area contributed by atoms with Gasteiger partial charge in [0.05, 0.1) is 18.8 Å². The lowest BCUT2D eigenvalue weighted by molar-refractivity contribution is 0.232. The zero-order valence-corrected chi connectivity index (χ0v) is 25.6. The summed E-state index contributed by atoms with van der Waals surface area (Å²) >= 11 is 0. The minimum atomic E-state index is 0.359. The first-order valence-electron chi connectivity index (χ1n) is 14.9. The molecule has 1 aromatic carbocycles. The molecule has 0 bridgehead atoms. The lowest BCUT2D eigenvalue weighted by atomic mass is 9.83. The number of nitrogens with zero attached hydrogens (tertiary/aromatic N) is 3. The summed E-state index contributed by atoms with van der Waals surface area (Å²) in [6.45, 7) is 22.3. The first-order valence-corrected chi connectivity index (χ1v) is 14.9. The number of nitrogens with one attached hydrogen (secondary N) is 1. The second-order valence-corrected chi connectivity index (χ2v) is 11.3. The van der Waals surface area contributed by atoms with E-state index in [1.165, 1.54) is 16.8 Å². The van der Waals surface area contributed by atoms with Gasteiger partial charge in [0.1, 0.15) is 23.1 Å². The fourth-order valence-electron chi connectivity index (χ4n) is 6.12. The Balaban J connectivity index is 1.37. The molecule has 1 aliphatic carbocycles. The second kappa shape index (κ2) is 12.3. The van der Waals surface area contributed by atoms with Gasteiger partial charge in [-0.05, 0) is 85.1 Å². The molecule has 0 fully saturated rings. The lowest BCUT2D eigenvalue weighted by Gasteiger charge is -2.44. The average molecular weight is 563 g/mol. The minimum Gasteiger partial charge on any atom is -0.496 e. The van der Waals surface area contributed by atoms with E-state index in [-0.39, 0.29) is 0 Å². The van der Waals surface area contributed by atoms with E-state index in [2.05, 4.69) is 79.8 Å². The maximum Gasteiger partial charge on any atom is 0.145 e. The van der Waals surface area contributed by atoms with Crippen molar-refractivity contribution in [2.45, 2.75) is 65.8 Å². The number of hydrogen-bond donors (Lipinski definition) is 1. The number of anilines is 1. The van der Waals surface area contributed by atoms with Gasteiger partial charge >= 0.3 is 0 Å². The second-order valence-electron chi connectivity index (χ2n) is 11.3. The first kappa shape index (κ1) is 29.2. The molecule has 1 aliphatic heterocycles. The Kier molecular flexibility index (Phi) is 8.53. The van der Waals surface area contributed by atoms with Gasteiger partial charge in [-0.2, -0.15) is 0 Å². The zero-order valence-electron chi connectivity index (χ0n) is 25.6. The third-order valence-electron chi connectivity index (χ3n) is 8.34. The molecule has 1 unspecified atom stereocenters. The van der Waals surface area contributed by atoms with Crippen molar-refractivity contribution in [3.8, 4) is 17.2 Å². The van der Waals surface area contributed by atoms with Crippen LogP contribution in [0.25, 0.3) is 10.9 Å². The van der Waals surface area contributed by atoms with Gasteiger partial charge in [-0.1, -0.05) is 47.4 Å². The van der Waals surface area contributed by atoms with Crippen molar-refractivity contribution in [1.82, 2.24) is 14.9 Å². The number of hydrogen-bond acceptors (Lipinski definition) is 6. The van der Waals surface area contributed by atoms with Crippen LogP contribution in [0.15, 0.2) is 102 Å². The quantitative estimate of drug-likeness (QED) is 0.266. The van der Waals surface area contributed by atoms with Gasteiger partial charge in [0.15, 0.2) is 0 Å². The third-order valence-corrected chi connectivity index (χ3v) is 8.34. The Morgan fingerprint density at radius 3 is 2.55 bits per heavy atom. The first-order chi connectivity index (χ1) is 20.2. The highest BCUT2D eigenvalue weighted by Gasteiger charge is 2.33. The number of ether oxygens (including phenoxy) is 2. The van der Waals surface area contributed by atoms with Crippen LogP contribution >= 0.6 is 0 Å². The fraction of sp³-hybridized carbons (Fsp3) is 0.333. The predicted octanol–water partition coefficient (Wildman–Crippen LogP) is 9.10. The molecule has 0 saturated heterocycles. The maximum absolute atomic E-state index is 6.26. The van der Waals surface area contributed by atoms with Crippen molar-refractivity contribution >= 4 is 16.7 Å². The Morgan fingerprint density at radius 1 is 1.07 bits per heavy atom. The molecule has 6 heteroatoms. The zero-order chi connectivity index (χ0) is 30.0. The van der Waals surface area contributed by atoms with Crippen LogP contribution < -0.4 is 14.8 Å². The number of pyridine rings is 2. The Labute approximate surface area is 250 Å². The van der Waals surface area contributed by atoms with E-state index in [1.807, 2.05) is 24.3 Å². The summed E-state index contributed by atoms with van der Waals surface area (Å²) in [6, 6.07) is 10.1. The minimum absolute atomic E-state index is 0.359. The smallest absolute Gasteiger partial charge is 0.145 e. The molecule has 6 nitrogen and oxygen atoms in total. The van der Waals surface area contributed by atoms with Crippen molar-refractivity contribution in [3.05, 3.63) is 108 Å². The number of fused-ring (bicyclic) bond motifs is 1. The molecule has 0 amide bonds. The highest BCUT2D eigenvalue weighted by atomic mass is 16.5. The highest BCUT2D eigenvalue weighted by molar-refractivity contribution is 5.87. The van der Waals surface area contributed by atoms with Crippen LogP contribution in [0, 0.1) is 5.92 Å². The summed E-state index contributed by atoms with van der Waals surface area (Å²) in [7, 11) is 1.68. The fourth-order valence-corrected chi connectivity index (χ4v) is 6.12. The number of methoxy groups -OCH3 is 1. The molecule has 0 radical (unpaired) electrons. The Bertz CT molecular complexity index is 1600. The maximum atomic E-state index is 6.26. The van der Waals surface area contributed by atoms with Gasteiger partial charge in [-0.3, -0.25) is 4.98 Å². The van der Waals surface area contributed by atoms with Gasteiger partial charge < -0.3 is 19.7 Å². The van der Waals surface area contributed by atoms with Crippen molar-refractivity contribution in [2.75, 3.05) is 12.4 Å². The standard InChI is InChI=1S/C36H42N4O2/c1-9-26-18-30-31(20-35(26)41-8)37-17-16-34(30)42-27-14-15-36(38-21-27)39-24(6)29-19-28-23(5)12-11-13-33(28)40(25(29)7)32(10-2)22(3)4/h14-22,32H,5-7,9-13H2,1-4,8H3,(H,38,39). The van der Waals surface area contributed by atoms with Crippen molar-refractivity contribution < 1.29 is 9.47 Å². The van der Waals surface area contributed by atoms with Crippen molar-refractivity contribution in [2.24, 2.45) is 5.92 Å². The molecule has 0 spiro atoms. The third kappa shape index (κ3) is 5.58. The number of rotatable bonds is 10. The molecule has 1 N–H and O–H groups in total. The number of allylic oxidation sites excluding steroid dienone is 4. The molecule has 2 aromatic heterocycles. The largest absolute Gasteiger partial charge is 0.496 e. The predicted molar refractivity (Wildman–Crippen MR) is 173 cm³/mol. The molecule has 42 heavy (non-hydrogen) atoms. The lowest BCUT2D eigenvalue weighted by Crippen LogP contribution is -2.40. The molecule has 3 heterocycles. The van der Waals surface area contributed by atoms with Gasteiger partial charge in [-0.25, -0.2) is 4.98 Å². The van der Waals surface area contributed by atoms with E-state index < -0.39 is 0 Å². The van der Waals surface area contributed by atoms with E-state index >= 15 is 0 Å². The number of aryl methyl sites for hydroxylation is 1. The molecule has 3 aromatic rings. The van der Waals surface area contributed by atoms with Crippen molar-refractivity contribution in [3.63, 3.8) is 0 Å². The topological polar surface area (TPSA) is 59.5 Å². The van der Waals surface area contributed by atoms with E-state index in [1.54, 1.807) is 19.5 Å².